The van der Waals surface area contributed by atoms with Crippen LogP contribution in [0.5, 0.6) is 11.5 Å². The average Bonchev–Trinajstić information content (AvgIpc) is 2.61. The number of sulfonamides is 1. The lowest BCUT2D eigenvalue weighted by Crippen LogP contribution is -3.14. The number of benzene rings is 1. The molecule has 7 nitrogen and oxygen atoms in total. The summed E-state index contributed by atoms with van der Waals surface area (Å²) in [6, 6.07) is 4.88. The normalized spacial score (nSPS) is 15.9. The van der Waals surface area contributed by atoms with E-state index in [2.05, 4.69) is 4.72 Å². The van der Waals surface area contributed by atoms with Crippen LogP contribution in [0.25, 0.3) is 0 Å². The lowest BCUT2D eigenvalue weighted by atomic mass is 10.3. The second kappa shape index (κ2) is 9.96. The molecule has 0 atom stereocenters. The number of quaternary nitrogens is 1. The molecular weight excluding hydrogens is 344 g/mol. The van der Waals surface area contributed by atoms with Gasteiger partial charge in [-0.2, -0.15) is 0 Å². The maximum Gasteiger partial charge on any atom is 0.244 e. The highest BCUT2D eigenvalue weighted by Crippen LogP contribution is 2.28. The molecule has 0 amide bonds. The largest absolute Gasteiger partial charge is 0.494 e. The van der Waals surface area contributed by atoms with Crippen molar-refractivity contribution in [2.24, 2.45) is 0 Å². The van der Waals surface area contributed by atoms with Crippen molar-refractivity contribution in [1.29, 1.82) is 0 Å². The van der Waals surface area contributed by atoms with Crippen LogP contribution in [-0.2, 0) is 14.8 Å². The Morgan fingerprint density at radius 1 is 1.16 bits per heavy atom. The molecule has 2 N–H and O–H groups in total. The first-order valence-electron chi connectivity index (χ1n) is 8.87. The third-order valence-corrected chi connectivity index (χ3v) is 5.50. The summed E-state index contributed by atoms with van der Waals surface area (Å²) in [4.78, 5) is 1.58. The third-order valence-electron chi connectivity index (χ3n) is 4.01. The smallest absolute Gasteiger partial charge is 0.244 e. The fourth-order valence-corrected chi connectivity index (χ4v) is 3.99. The van der Waals surface area contributed by atoms with Crippen LogP contribution in [0.2, 0.25) is 0 Å². The topological polar surface area (TPSA) is 78.3 Å². The van der Waals surface area contributed by atoms with E-state index in [0.717, 1.165) is 39.3 Å². The Labute approximate surface area is 150 Å². The highest BCUT2D eigenvalue weighted by molar-refractivity contribution is 7.89. The Hall–Kier alpha value is -1.35. The molecule has 25 heavy (non-hydrogen) atoms. The molecule has 0 radical (unpaired) electrons. The molecule has 1 fully saturated rings. The van der Waals surface area contributed by atoms with E-state index in [0.29, 0.717) is 31.3 Å². The van der Waals surface area contributed by atoms with Crippen LogP contribution >= 0.6 is 0 Å². The predicted octanol–water partition coefficient (Wildman–Crippen LogP) is 0.0675. The van der Waals surface area contributed by atoms with Crippen LogP contribution in [0.4, 0.5) is 0 Å². The highest BCUT2D eigenvalue weighted by Gasteiger charge is 2.21. The number of nitrogens with one attached hydrogen (secondary N) is 2. The minimum absolute atomic E-state index is 0.124. The first kappa shape index (κ1) is 20.0. The summed E-state index contributed by atoms with van der Waals surface area (Å²) in [6.07, 6.45) is 0.781. The van der Waals surface area contributed by atoms with E-state index in [1.54, 1.807) is 12.1 Å². The fraction of sp³-hybridized carbons (Fsp3) is 0.647. The van der Waals surface area contributed by atoms with Gasteiger partial charge in [0.1, 0.15) is 29.5 Å². The molecule has 142 valence electrons. The summed E-state index contributed by atoms with van der Waals surface area (Å²) in [7, 11) is -3.65. The minimum Gasteiger partial charge on any atom is -0.494 e. The van der Waals surface area contributed by atoms with Crippen molar-refractivity contribution >= 4 is 10.0 Å². The van der Waals surface area contributed by atoms with Gasteiger partial charge in [-0.15, -0.1) is 0 Å². The number of hydrogen-bond acceptors (Lipinski definition) is 5. The Bertz CT molecular complexity index is 630. The summed E-state index contributed by atoms with van der Waals surface area (Å²) in [6.45, 7) is 9.42. The van der Waals surface area contributed by atoms with Gasteiger partial charge in [-0.1, -0.05) is 0 Å². The van der Waals surface area contributed by atoms with Crippen molar-refractivity contribution < 1.29 is 27.5 Å². The van der Waals surface area contributed by atoms with Gasteiger partial charge in [-0.25, -0.2) is 13.1 Å². The second-order valence-electron chi connectivity index (χ2n) is 5.84. The Kier molecular flexibility index (Phi) is 7.95. The van der Waals surface area contributed by atoms with Gasteiger partial charge in [-0.05, 0) is 26.0 Å². The average molecular weight is 373 g/mol. The van der Waals surface area contributed by atoms with Gasteiger partial charge in [0.05, 0.1) is 33.0 Å². The summed E-state index contributed by atoms with van der Waals surface area (Å²) in [5, 5.41) is 0. The van der Waals surface area contributed by atoms with Crippen molar-refractivity contribution in [1.82, 2.24) is 4.72 Å². The first-order chi connectivity index (χ1) is 12.1. The second-order valence-corrected chi connectivity index (χ2v) is 7.57. The quantitative estimate of drug-likeness (QED) is 0.568. The highest BCUT2D eigenvalue weighted by atomic mass is 32.2. The van der Waals surface area contributed by atoms with Gasteiger partial charge in [0.2, 0.25) is 10.0 Å². The van der Waals surface area contributed by atoms with Gasteiger partial charge in [0.25, 0.3) is 0 Å². The molecule has 1 aromatic rings. The van der Waals surface area contributed by atoms with Crippen LogP contribution < -0.4 is 19.1 Å². The van der Waals surface area contributed by atoms with Crippen LogP contribution in [0.3, 0.4) is 0 Å². The standard InChI is InChI=1S/C17H28N2O5S/c1-3-23-15-6-7-16(24-4-2)17(14-15)25(20,21)18-8-5-9-19-10-12-22-13-11-19/h6-7,14,18H,3-5,8-13H2,1-2H3/p+1. The van der Waals surface area contributed by atoms with Crippen molar-refractivity contribution in [3.63, 3.8) is 0 Å². The molecule has 1 aromatic carbocycles. The summed E-state index contributed by atoms with van der Waals surface area (Å²) in [5.41, 5.74) is 0. The molecule has 0 aliphatic carbocycles. The first-order valence-corrected chi connectivity index (χ1v) is 10.4. The minimum atomic E-state index is -3.65. The molecule has 2 rings (SSSR count). The summed E-state index contributed by atoms with van der Waals surface area (Å²) >= 11 is 0. The molecule has 0 spiro atoms. The Morgan fingerprint density at radius 2 is 1.88 bits per heavy atom. The van der Waals surface area contributed by atoms with E-state index < -0.39 is 10.0 Å². The molecule has 0 bridgehead atoms. The van der Waals surface area contributed by atoms with Crippen LogP contribution in [0.1, 0.15) is 20.3 Å². The van der Waals surface area contributed by atoms with E-state index in [-0.39, 0.29) is 4.90 Å². The van der Waals surface area contributed by atoms with E-state index in [1.807, 2.05) is 13.8 Å². The van der Waals surface area contributed by atoms with Crippen molar-refractivity contribution in [3.8, 4) is 11.5 Å². The Balaban J connectivity index is 1.97. The summed E-state index contributed by atoms with van der Waals surface area (Å²) in [5.74, 6) is 0.862. The molecular formula is C17H29N2O5S+. The van der Waals surface area contributed by atoms with E-state index >= 15 is 0 Å². The van der Waals surface area contributed by atoms with E-state index in [4.69, 9.17) is 14.2 Å². The van der Waals surface area contributed by atoms with Crippen molar-refractivity contribution in [2.45, 2.75) is 25.2 Å². The number of hydrogen-bond donors (Lipinski definition) is 2. The maximum atomic E-state index is 12.7. The van der Waals surface area contributed by atoms with E-state index in [9.17, 15) is 8.42 Å². The van der Waals surface area contributed by atoms with Gasteiger partial charge in [0, 0.05) is 19.0 Å². The van der Waals surface area contributed by atoms with Crippen LogP contribution in [-0.4, -0.2) is 61.0 Å². The van der Waals surface area contributed by atoms with Gasteiger partial charge in [0.15, 0.2) is 0 Å². The lowest BCUT2D eigenvalue weighted by molar-refractivity contribution is -0.908. The van der Waals surface area contributed by atoms with Gasteiger partial charge in [-0.3, -0.25) is 0 Å². The van der Waals surface area contributed by atoms with Crippen LogP contribution in [0.15, 0.2) is 23.1 Å². The SMILES string of the molecule is CCOc1ccc(OCC)c(S(=O)(=O)NCCC[NH+]2CCOCC2)c1. The number of rotatable bonds is 10. The molecule has 0 unspecified atom stereocenters. The molecule has 0 aromatic heterocycles. The molecule has 1 aliphatic heterocycles. The maximum absolute atomic E-state index is 12.7. The van der Waals surface area contributed by atoms with Crippen molar-refractivity contribution in [3.05, 3.63) is 18.2 Å². The zero-order chi connectivity index (χ0) is 18.1. The van der Waals surface area contributed by atoms with Gasteiger partial charge < -0.3 is 19.1 Å². The monoisotopic (exact) mass is 373 g/mol. The molecule has 1 saturated heterocycles. The lowest BCUT2D eigenvalue weighted by Gasteiger charge is -2.23. The number of ether oxygens (including phenoxy) is 3. The molecule has 1 heterocycles. The van der Waals surface area contributed by atoms with Gasteiger partial charge >= 0.3 is 0 Å². The van der Waals surface area contributed by atoms with E-state index in [1.165, 1.54) is 11.0 Å². The molecule has 1 aliphatic rings. The zero-order valence-electron chi connectivity index (χ0n) is 15.0. The molecule has 8 heteroatoms. The zero-order valence-corrected chi connectivity index (χ0v) is 15.9. The number of morpholine rings is 1. The predicted molar refractivity (Wildman–Crippen MR) is 95.0 cm³/mol. The van der Waals surface area contributed by atoms with Crippen molar-refractivity contribution in [2.75, 3.05) is 52.6 Å². The van der Waals surface area contributed by atoms with Crippen LogP contribution in [0, 0.1) is 0 Å². The Morgan fingerprint density at radius 3 is 2.56 bits per heavy atom. The summed E-state index contributed by atoms with van der Waals surface area (Å²) < 4.78 is 44.2. The third kappa shape index (κ3) is 6.14. The fourth-order valence-electron chi connectivity index (χ4n) is 2.76. The molecule has 0 saturated carbocycles.